The van der Waals surface area contributed by atoms with E-state index in [9.17, 15) is 26.4 Å². The molecule has 0 bridgehead atoms. The van der Waals surface area contributed by atoms with Crippen molar-refractivity contribution in [3.8, 4) is 0 Å². The highest BCUT2D eigenvalue weighted by molar-refractivity contribution is 7.89. The quantitative estimate of drug-likeness (QED) is 0.596. The first-order valence-electron chi connectivity index (χ1n) is 12.0. The lowest BCUT2D eigenvalue weighted by Crippen LogP contribution is -2.51. The Hall–Kier alpha value is -1.65. The summed E-state index contributed by atoms with van der Waals surface area (Å²) >= 11 is 0. The molecule has 1 saturated heterocycles. The highest BCUT2D eigenvalue weighted by Crippen LogP contribution is 2.40. The molecule has 190 valence electrons. The molecule has 2 N–H and O–H groups in total. The Morgan fingerprint density at radius 2 is 1.71 bits per heavy atom. The second kappa shape index (κ2) is 9.09. The third kappa shape index (κ3) is 5.76. The Morgan fingerprint density at radius 3 is 2.26 bits per heavy atom. The number of nitrogens with zero attached hydrogens (tertiary/aromatic N) is 1. The van der Waals surface area contributed by atoms with Crippen molar-refractivity contribution in [2.75, 3.05) is 13.1 Å². The molecule has 4 atom stereocenters. The SMILES string of the molecule is CC(C)(C)C[C@H](NC1CC1)C(=O)N[C@H]1CC[C@@H]2CN(S(=O)(=O)c3ccc(C(F)(F)F)cc3)C[C@@H]21. The molecule has 0 spiro atoms. The second-order valence-electron chi connectivity index (χ2n) is 11.2. The number of halogens is 3. The number of amides is 1. The van der Waals surface area contributed by atoms with Crippen LogP contribution in [0.2, 0.25) is 0 Å². The van der Waals surface area contributed by atoms with Gasteiger partial charge < -0.3 is 10.6 Å². The van der Waals surface area contributed by atoms with Crippen LogP contribution in [0.4, 0.5) is 13.2 Å². The summed E-state index contributed by atoms with van der Waals surface area (Å²) < 4.78 is 66.1. The van der Waals surface area contributed by atoms with E-state index in [-0.39, 0.29) is 46.7 Å². The third-order valence-electron chi connectivity index (χ3n) is 7.12. The number of nitrogens with one attached hydrogen (secondary N) is 2. The summed E-state index contributed by atoms with van der Waals surface area (Å²) in [6.45, 7) is 6.91. The van der Waals surface area contributed by atoms with Crippen molar-refractivity contribution in [3.05, 3.63) is 29.8 Å². The van der Waals surface area contributed by atoms with E-state index < -0.39 is 21.8 Å². The number of fused-ring (bicyclic) bond motifs is 1. The summed E-state index contributed by atoms with van der Waals surface area (Å²) in [6.07, 6.45) is -0.0185. The number of hydrogen-bond donors (Lipinski definition) is 2. The predicted molar refractivity (Wildman–Crippen MR) is 122 cm³/mol. The van der Waals surface area contributed by atoms with Crippen molar-refractivity contribution < 1.29 is 26.4 Å². The highest BCUT2D eigenvalue weighted by atomic mass is 32.2. The fourth-order valence-corrected chi connectivity index (χ4v) is 6.76. The molecule has 1 heterocycles. The van der Waals surface area contributed by atoms with E-state index in [1.165, 1.54) is 4.31 Å². The molecular weight excluding hydrogens is 467 g/mol. The Balaban J connectivity index is 1.41. The van der Waals surface area contributed by atoms with E-state index in [0.29, 0.717) is 19.0 Å². The van der Waals surface area contributed by atoms with Crippen LogP contribution in [0.3, 0.4) is 0 Å². The van der Waals surface area contributed by atoms with Crippen molar-refractivity contribution in [3.63, 3.8) is 0 Å². The molecule has 3 aliphatic rings. The predicted octanol–water partition coefficient (Wildman–Crippen LogP) is 3.78. The smallest absolute Gasteiger partial charge is 0.352 e. The van der Waals surface area contributed by atoms with Crippen LogP contribution >= 0.6 is 0 Å². The molecule has 2 aliphatic carbocycles. The first-order chi connectivity index (χ1) is 15.7. The van der Waals surface area contributed by atoms with Crippen molar-refractivity contribution >= 4 is 15.9 Å². The molecule has 6 nitrogen and oxygen atoms in total. The first kappa shape index (κ1) is 25.4. The average molecular weight is 502 g/mol. The summed E-state index contributed by atoms with van der Waals surface area (Å²) in [5.41, 5.74) is -0.890. The fourth-order valence-electron chi connectivity index (χ4n) is 5.22. The number of alkyl halides is 3. The number of benzene rings is 1. The third-order valence-corrected chi connectivity index (χ3v) is 8.96. The van der Waals surface area contributed by atoms with Crippen molar-refractivity contribution in [1.82, 2.24) is 14.9 Å². The van der Waals surface area contributed by atoms with Gasteiger partial charge in [-0.05, 0) is 73.6 Å². The number of hydrogen-bond acceptors (Lipinski definition) is 4. The van der Waals surface area contributed by atoms with Gasteiger partial charge >= 0.3 is 6.18 Å². The van der Waals surface area contributed by atoms with Gasteiger partial charge in [0, 0.05) is 25.2 Å². The summed E-state index contributed by atoms with van der Waals surface area (Å²) in [6, 6.07) is 3.65. The molecule has 4 rings (SSSR count). The van der Waals surface area contributed by atoms with Crippen LogP contribution in [0, 0.1) is 17.3 Å². The van der Waals surface area contributed by atoms with Gasteiger partial charge in [0.15, 0.2) is 0 Å². The molecule has 1 aliphatic heterocycles. The minimum atomic E-state index is -4.52. The zero-order valence-corrected chi connectivity index (χ0v) is 20.7. The van der Waals surface area contributed by atoms with Gasteiger partial charge in [0.25, 0.3) is 0 Å². The van der Waals surface area contributed by atoms with Crippen LogP contribution in [-0.2, 0) is 21.0 Å². The lowest BCUT2D eigenvalue weighted by molar-refractivity contribution is -0.137. The largest absolute Gasteiger partial charge is 0.416 e. The lowest BCUT2D eigenvalue weighted by atomic mass is 9.87. The summed E-state index contributed by atoms with van der Waals surface area (Å²) in [7, 11) is -3.90. The molecule has 3 fully saturated rings. The molecule has 1 amide bonds. The fraction of sp³-hybridized carbons (Fsp3) is 0.708. The van der Waals surface area contributed by atoms with Crippen LogP contribution in [0.25, 0.3) is 0 Å². The van der Waals surface area contributed by atoms with Gasteiger partial charge in [0.1, 0.15) is 0 Å². The Kier molecular flexibility index (Phi) is 6.81. The normalized spacial score (nSPS) is 26.9. The van der Waals surface area contributed by atoms with E-state index >= 15 is 0 Å². The number of sulfonamides is 1. The van der Waals surface area contributed by atoms with Gasteiger partial charge in [-0.1, -0.05) is 20.8 Å². The van der Waals surface area contributed by atoms with Crippen molar-refractivity contribution in [2.24, 2.45) is 17.3 Å². The van der Waals surface area contributed by atoms with Gasteiger partial charge in [-0.25, -0.2) is 8.42 Å². The Labute approximate surface area is 199 Å². The van der Waals surface area contributed by atoms with Crippen LogP contribution in [0.15, 0.2) is 29.2 Å². The maximum Gasteiger partial charge on any atom is 0.416 e. The number of carbonyl (C=O) groups is 1. The Bertz CT molecular complexity index is 1000. The molecule has 0 radical (unpaired) electrons. The second-order valence-corrected chi connectivity index (χ2v) is 13.2. The molecule has 2 saturated carbocycles. The molecule has 0 unspecified atom stereocenters. The van der Waals surface area contributed by atoms with Crippen LogP contribution in [0.1, 0.15) is 58.4 Å². The molecule has 1 aromatic carbocycles. The standard InChI is InChI=1S/C24H34F3N3O3S/c1-23(2,3)12-21(28-17-7-8-17)22(31)29-20-11-4-15-13-30(14-19(15)20)34(32,33)18-9-5-16(6-10-18)24(25,26)27/h5-6,9-10,15,17,19-21,28H,4,7-8,11-14H2,1-3H3,(H,29,31)/t15-,19+,20+,21+/m1/s1. The zero-order chi connectivity index (χ0) is 24.9. The minimum Gasteiger partial charge on any atom is -0.352 e. The molecule has 0 aromatic heterocycles. The molecule has 1 aromatic rings. The first-order valence-corrected chi connectivity index (χ1v) is 13.4. The summed E-state index contributed by atoms with van der Waals surface area (Å²) in [5, 5.41) is 6.65. The number of rotatable bonds is 7. The van der Waals surface area contributed by atoms with Crippen molar-refractivity contribution in [1.29, 1.82) is 0 Å². The summed E-state index contributed by atoms with van der Waals surface area (Å²) in [4.78, 5) is 13.0. The highest BCUT2D eigenvalue weighted by Gasteiger charge is 2.47. The zero-order valence-electron chi connectivity index (χ0n) is 19.9. The topological polar surface area (TPSA) is 78.5 Å². The average Bonchev–Trinajstić information content (AvgIpc) is 3.31. The monoisotopic (exact) mass is 501 g/mol. The maximum absolute atomic E-state index is 13.1. The lowest BCUT2D eigenvalue weighted by Gasteiger charge is -2.29. The van der Waals surface area contributed by atoms with Crippen LogP contribution in [-0.4, -0.2) is 49.8 Å². The van der Waals surface area contributed by atoms with E-state index in [1.54, 1.807) is 0 Å². The minimum absolute atomic E-state index is 0.00406. The van der Waals surface area contributed by atoms with Gasteiger partial charge in [0.05, 0.1) is 16.5 Å². The molecule has 10 heteroatoms. The number of carbonyl (C=O) groups excluding carboxylic acids is 1. The van der Waals surface area contributed by atoms with Crippen LogP contribution < -0.4 is 10.6 Å². The summed E-state index contributed by atoms with van der Waals surface area (Å²) in [5.74, 6) is 0.105. The van der Waals surface area contributed by atoms with E-state index in [1.807, 2.05) is 0 Å². The van der Waals surface area contributed by atoms with Crippen molar-refractivity contribution in [2.45, 2.75) is 82.1 Å². The maximum atomic E-state index is 13.1. The molecular formula is C24H34F3N3O3S. The van der Waals surface area contributed by atoms with E-state index in [4.69, 9.17) is 0 Å². The van der Waals surface area contributed by atoms with E-state index in [0.717, 1.165) is 49.9 Å². The Morgan fingerprint density at radius 1 is 1.06 bits per heavy atom. The van der Waals surface area contributed by atoms with Gasteiger partial charge in [-0.15, -0.1) is 0 Å². The van der Waals surface area contributed by atoms with Gasteiger partial charge in [-0.3, -0.25) is 4.79 Å². The van der Waals surface area contributed by atoms with Crippen LogP contribution in [0.5, 0.6) is 0 Å². The van der Waals surface area contributed by atoms with Gasteiger partial charge in [-0.2, -0.15) is 17.5 Å². The molecule has 34 heavy (non-hydrogen) atoms. The van der Waals surface area contributed by atoms with Gasteiger partial charge in [0.2, 0.25) is 15.9 Å². The van der Waals surface area contributed by atoms with E-state index in [2.05, 4.69) is 31.4 Å².